The second-order valence-corrected chi connectivity index (χ2v) is 7.25. The van der Waals surface area contributed by atoms with E-state index < -0.39 is 5.97 Å². The molecule has 0 aromatic heterocycles. The van der Waals surface area contributed by atoms with E-state index in [4.69, 9.17) is 21.1 Å². The standard InChI is InChI=1S/C22H12BrClO4/c23-17-7-3-1-5-13(17)11-20-21(25)16-10-9-14(12-19(16)28-20)27-22(26)15-6-2-4-8-18(15)24/h1-12H. The SMILES string of the molecule is O=C(Oc1ccc2c(c1)OC(=Cc1ccccc1Br)C2=O)c1ccccc1Cl. The van der Waals surface area contributed by atoms with Crippen LogP contribution in [0.1, 0.15) is 26.3 Å². The lowest BCUT2D eigenvalue weighted by Crippen LogP contribution is -2.09. The third kappa shape index (κ3) is 3.59. The van der Waals surface area contributed by atoms with E-state index >= 15 is 0 Å². The van der Waals surface area contributed by atoms with Gasteiger partial charge in [-0.05, 0) is 42.0 Å². The van der Waals surface area contributed by atoms with Gasteiger partial charge >= 0.3 is 5.97 Å². The van der Waals surface area contributed by atoms with Gasteiger partial charge in [-0.2, -0.15) is 0 Å². The van der Waals surface area contributed by atoms with E-state index in [1.54, 1.807) is 42.5 Å². The van der Waals surface area contributed by atoms with Gasteiger partial charge in [0.25, 0.3) is 0 Å². The van der Waals surface area contributed by atoms with Crippen LogP contribution in [0.4, 0.5) is 0 Å². The Morgan fingerprint density at radius 1 is 1.04 bits per heavy atom. The molecule has 0 fully saturated rings. The van der Waals surface area contributed by atoms with E-state index in [1.807, 2.05) is 24.3 Å². The van der Waals surface area contributed by atoms with Crippen LogP contribution in [0.3, 0.4) is 0 Å². The van der Waals surface area contributed by atoms with Crippen molar-refractivity contribution < 1.29 is 19.1 Å². The van der Waals surface area contributed by atoms with Gasteiger partial charge < -0.3 is 9.47 Å². The number of halogens is 2. The number of hydrogen-bond acceptors (Lipinski definition) is 4. The first-order valence-corrected chi connectivity index (χ1v) is 9.49. The van der Waals surface area contributed by atoms with Crippen LogP contribution in [0.25, 0.3) is 6.08 Å². The van der Waals surface area contributed by atoms with Crippen molar-refractivity contribution in [1.82, 2.24) is 0 Å². The Balaban J connectivity index is 1.58. The predicted molar refractivity (Wildman–Crippen MR) is 110 cm³/mol. The molecule has 0 unspecified atom stereocenters. The van der Waals surface area contributed by atoms with Crippen molar-refractivity contribution in [2.24, 2.45) is 0 Å². The molecule has 4 rings (SSSR count). The first-order chi connectivity index (χ1) is 13.5. The molecule has 0 aliphatic carbocycles. The molecular formula is C22H12BrClO4. The fourth-order valence-electron chi connectivity index (χ4n) is 2.75. The van der Waals surface area contributed by atoms with Crippen molar-refractivity contribution in [3.8, 4) is 11.5 Å². The lowest BCUT2D eigenvalue weighted by Gasteiger charge is -2.06. The smallest absolute Gasteiger partial charge is 0.345 e. The zero-order valence-corrected chi connectivity index (χ0v) is 16.7. The topological polar surface area (TPSA) is 52.6 Å². The summed E-state index contributed by atoms with van der Waals surface area (Å²) in [4.78, 5) is 24.9. The lowest BCUT2D eigenvalue weighted by molar-refractivity contribution is 0.0734. The zero-order chi connectivity index (χ0) is 19.7. The molecule has 0 saturated carbocycles. The van der Waals surface area contributed by atoms with Crippen molar-refractivity contribution in [2.75, 3.05) is 0 Å². The van der Waals surface area contributed by atoms with Gasteiger partial charge in [-0.3, -0.25) is 4.79 Å². The lowest BCUT2D eigenvalue weighted by atomic mass is 10.1. The second-order valence-electron chi connectivity index (χ2n) is 5.99. The zero-order valence-electron chi connectivity index (χ0n) is 14.3. The van der Waals surface area contributed by atoms with Crippen LogP contribution in [0, 0.1) is 0 Å². The minimum absolute atomic E-state index is 0.205. The summed E-state index contributed by atoms with van der Waals surface area (Å²) < 4.78 is 11.9. The number of ketones is 1. The van der Waals surface area contributed by atoms with Crippen molar-refractivity contribution >= 4 is 45.4 Å². The van der Waals surface area contributed by atoms with Crippen molar-refractivity contribution in [3.05, 3.63) is 98.7 Å². The number of fused-ring (bicyclic) bond motifs is 1. The van der Waals surface area contributed by atoms with Crippen molar-refractivity contribution in [3.63, 3.8) is 0 Å². The number of carbonyl (C=O) groups excluding carboxylic acids is 2. The Hall–Kier alpha value is -2.89. The van der Waals surface area contributed by atoms with E-state index in [-0.39, 0.29) is 22.9 Å². The number of hydrogen-bond donors (Lipinski definition) is 0. The van der Waals surface area contributed by atoms with Crippen LogP contribution in [0.2, 0.25) is 5.02 Å². The molecule has 138 valence electrons. The number of ether oxygens (including phenoxy) is 2. The summed E-state index contributed by atoms with van der Waals surface area (Å²) in [5, 5.41) is 0.304. The minimum Gasteiger partial charge on any atom is -0.452 e. The highest BCUT2D eigenvalue weighted by molar-refractivity contribution is 9.10. The molecule has 0 amide bonds. The van der Waals surface area contributed by atoms with Crippen LogP contribution in [0.15, 0.2) is 77.0 Å². The maximum Gasteiger partial charge on any atom is 0.345 e. The summed E-state index contributed by atoms with van der Waals surface area (Å²) in [6, 6.07) is 18.8. The molecule has 0 saturated heterocycles. The third-order valence-electron chi connectivity index (χ3n) is 4.14. The Morgan fingerprint density at radius 3 is 2.57 bits per heavy atom. The van der Waals surface area contributed by atoms with Crippen molar-refractivity contribution in [2.45, 2.75) is 0 Å². The number of rotatable bonds is 3. The largest absolute Gasteiger partial charge is 0.452 e. The number of carbonyl (C=O) groups is 2. The highest BCUT2D eigenvalue weighted by atomic mass is 79.9. The minimum atomic E-state index is -0.584. The van der Waals surface area contributed by atoms with E-state index in [0.717, 1.165) is 10.0 Å². The molecule has 0 N–H and O–H groups in total. The molecule has 0 spiro atoms. The first kappa shape index (κ1) is 18.5. The average molecular weight is 456 g/mol. The van der Waals surface area contributed by atoms with Crippen molar-refractivity contribution in [1.29, 1.82) is 0 Å². The second kappa shape index (κ2) is 7.62. The van der Waals surface area contributed by atoms with E-state index in [1.165, 1.54) is 6.07 Å². The molecule has 6 heteroatoms. The number of esters is 1. The van der Waals surface area contributed by atoms with E-state index in [0.29, 0.717) is 16.3 Å². The van der Waals surface area contributed by atoms with Crippen LogP contribution >= 0.6 is 27.5 Å². The van der Waals surface area contributed by atoms with E-state index in [9.17, 15) is 9.59 Å². The molecule has 3 aromatic rings. The van der Waals surface area contributed by atoms with Gasteiger partial charge in [0, 0.05) is 10.5 Å². The molecule has 4 nitrogen and oxygen atoms in total. The molecular weight excluding hydrogens is 444 g/mol. The monoisotopic (exact) mass is 454 g/mol. The maximum absolute atomic E-state index is 12.6. The fraction of sp³-hybridized carbons (Fsp3) is 0. The van der Waals surface area contributed by atoms with Crippen LogP contribution in [0.5, 0.6) is 11.5 Å². The normalized spacial score (nSPS) is 13.9. The van der Waals surface area contributed by atoms with Crippen LogP contribution in [-0.4, -0.2) is 11.8 Å². The summed E-state index contributed by atoms with van der Waals surface area (Å²) in [6.07, 6.45) is 1.67. The quantitative estimate of drug-likeness (QED) is 0.279. The molecule has 0 atom stereocenters. The summed E-state index contributed by atoms with van der Waals surface area (Å²) in [5.74, 6) is -0.00329. The van der Waals surface area contributed by atoms with Gasteiger partial charge in [-0.15, -0.1) is 0 Å². The van der Waals surface area contributed by atoms with Gasteiger partial charge in [-0.25, -0.2) is 4.79 Å². The Morgan fingerprint density at radius 2 is 1.79 bits per heavy atom. The molecule has 28 heavy (non-hydrogen) atoms. The molecule has 1 aliphatic rings. The Kier molecular flexibility index (Phi) is 5.03. The predicted octanol–water partition coefficient (Wildman–Crippen LogP) is 5.94. The number of benzene rings is 3. The molecule has 1 heterocycles. The van der Waals surface area contributed by atoms with Gasteiger partial charge in [0.05, 0.1) is 16.1 Å². The van der Waals surface area contributed by atoms with Gasteiger partial charge in [0.15, 0.2) is 5.76 Å². The van der Waals surface area contributed by atoms with E-state index in [2.05, 4.69) is 15.9 Å². The summed E-state index contributed by atoms with van der Waals surface area (Å²) in [6.45, 7) is 0. The molecule has 1 aliphatic heterocycles. The van der Waals surface area contributed by atoms with Gasteiger partial charge in [0.2, 0.25) is 5.78 Å². The highest BCUT2D eigenvalue weighted by Gasteiger charge is 2.28. The molecule has 0 radical (unpaired) electrons. The number of Topliss-reactive ketones (excluding diaryl/α,β-unsaturated/α-hetero) is 1. The Labute approximate surface area is 174 Å². The van der Waals surface area contributed by atoms with Crippen LogP contribution < -0.4 is 9.47 Å². The first-order valence-electron chi connectivity index (χ1n) is 8.32. The van der Waals surface area contributed by atoms with Gasteiger partial charge in [0.1, 0.15) is 11.5 Å². The molecule has 3 aromatic carbocycles. The average Bonchev–Trinajstić information content (AvgIpc) is 2.99. The fourth-order valence-corrected chi connectivity index (χ4v) is 3.37. The summed E-state index contributed by atoms with van der Waals surface area (Å²) in [5.41, 5.74) is 1.50. The summed E-state index contributed by atoms with van der Waals surface area (Å²) in [7, 11) is 0. The summed E-state index contributed by atoms with van der Waals surface area (Å²) >= 11 is 9.47. The maximum atomic E-state index is 12.6. The number of allylic oxidation sites excluding steroid dienone is 1. The highest BCUT2D eigenvalue weighted by Crippen LogP contribution is 2.35. The molecule has 0 bridgehead atoms. The Bertz CT molecular complexity index is 1140. The van der Waals surface area contributed by atoms with Crippen LogP contribution in [-0.2, 0) is 0 Å². The van der Waals surface area contributed by atoms with Gasteiger partial charge in [-0.1, -0.05) is 57.9 Å². The third-order valence-corrected chi connectivity index (χ3v) is 5.19.